The molecule has 0 aliphatic carbocycles. The molecular weight excluding hydrogens is 324 g/mol. The second-order valence-electron chi connectivity index (χ2n) is 7.01. The summed E-state index contributed by atoms with van der Waals surface area (Å²) in [5.41, 5.74) is 0. The van der Waals surface area contributed by atoms with E-state index in [0.717, 1.165) is 0 Å². The monoisotopic (exact) mass is 393 g/mol. The van der Waals surface area contributed by atoms with Crippen molar-refractivity contribution in [1.29, 1.82) is 0 Å². The molecule has 0 saturated heterocycles. The zero-order valence-corrected chi connectivity index (χ0v) is 15.4. The second-order valence-corrected chi connectivity index (χ2v) is 7.01. The maximum Gasteiger partial charge on any atom is -0.0533 e. The average Bonchev–Trinajstić information content (AvgIpc) is 2.50. The predicted molar refractivity (Wildman–Crippen MR) is 139 cm³/mol. The van der Waals surface area contributed by atoms with E-state index in [-0.39, 0.29) is 44.6 Å². The molecule has 0 fully saturated rings. The van der Waals surface area contributed by atoms with Crippen molar-refractivity contribution in [2.75, 3.05) is 0 Å². The Morgan fingerprint density at radius 1 is 0.222 bits per heavy atom. The summed E-state index contributed by atoms with van der Waals surface area (Å²) in [6.07, 6.45) is 27.9. The Hall–Kier alpha value is 0. The Labute approximate surface area is 180 Å². The lowest BCUT2D eigenvalue weighted by molar-refractivity contribution is 0.524. The summed E-state index contributed by atoms with van der Waals surface area (Å²) >= 11 is 0. The van der Waals surface area contributed by atoms with Crippen LogP contribution in [0.1, 0.15) is 180 Å². The molecule has 0 aliphatic heterocycles. The van der Waals surface area contributed by atoms with Gasteiger partial charge in [0.25, 0.3) is 0 Å². The van der Waals surface area contributed by atoms with Crippen LogP contribution in [0.25, 0.3) is 0 Å². The number of unbranched alkanes of at least 4 members (excludes halogenated alkanes) is 18. The van der Waals surface area contributed by atoms with Crippen molar-refractivity contribution in [3.05, 3.63) is 0 Å². The van der Waals surface area contributed by atoms with Crippen LogP contribution in [0.5, 0.6) is 0 Å². The molecule has 0 radical (unpaired) electrons. The average molecular weight is 393 g/mol. The van der Waals surface area contributed by atoms with Gasteiger partial charge in [0.1, 0.15) is 0 Å². The van der Waals surface area contributed by atoms with Crippen LogP contribution in [0.2, 0.25) is 0 Å². The van der Waals surface area contributed by atoms with Gasteiger partial charge in [-0.3, -0.25) is 0 Å². The molecule has 0 unspecified atom stereocenters. The molecule has 0 aromatic heterocycles. The third-order valence-corrected chi connectivity index (χ3v) is 4.71. The summed E-state index contributed by atoms with van der Waals surface area (Å²) in [7, 11) is 0. The molecule has 0 spiro atoms. The summed E-state index contributed by atoms with van der Waals surface area (Å²) < 4.78 is 0. The maximum atomic E-state index is 2.30. The molecule has 0 nitrogen and oxygen atoms in total. The van der Waals surface area contributed by atoms with Crippen LogP contribution >= 0.6 is 0 Å². The van der Waals surface area contributed by atoms with Gasteiger partial charge in [0.2, 0.25) is 0 Å². The lowest BCUT2D eigenvalue weighted by atomic mass is 10.0. The molecule has 27 heavy (non-hydrogen) atoms. The summed E-state index contributed by atoms with van der Waals surface area (Å²) in [4.78, 5) is 0. The van der Waals surface area contributed by atoms with Gasteiger partial charge in [-0.15, -0.1) is 0 Å². The molecule has 0 aromatic rings. The topological polar surface area (TPSA) is 0 Å². The molecule has 0 N–H and O–H groups in total. The van der Waals surface area contributed by atoms with Gasteiger partial charge in [-0.05, 0) is 0 Å². The van der Waals surface area contributed by atoms with E-state index in [1.54, 1.807) is 0 Å². The van der Waals surface area contributed by atoms with Crippen molar-refractivity contribution in [3.8, 4) is 0 Å². The highest BCUT2D eigenvalue weighted by atomic mass is 14.0. The third kappa shape index (κ3) is 46.2. The van der Waals surface area contributed by atoms with E-state index in [4.69, 9.17) is 0 Å². The third-order valence-electron chi connectivity index (χ3n) is 4.71. The molecule has 0 heteroatoms. The summed E-state index contributed by atoms with van der Waals surface area (Å²) in [5, 5.41) is 0. The number of hydrogen-bond acceptors (Lipinski definition) is 0. The van der Waals surface area contributed by atoms with Crippen molar-refractivity contribution < 1.29 is 0 Å². The Bertz CT molecular complexity index is 143. The van der Waals surface area contributed by atoms with E-state index in [0.29, 0.717) is 0 Å². The number of hydrogen-bond donors (Lipinski definition) is 0. The van der Waals surface area contributed by atoms with Crippen LogP contribution in [-0.4, -0.2) is 0 Å². The van der Waals surface area contributed by atoms with Crippen LogP contribution in [0.3, 0.4) is 0 Å². The van der Waals surface area contributed by atoms with Crippen molar-refractivity contribution in [2.45, 2.75) is 180 Å². The fourth-order valence-corrected chi connectivity index (χ4v) is 3.15. The summed E-state index contributed by atoms with van der Waals surface area (Å²) in [6, 6.07) is 0. The van der Waals surface area contributed by atoms with Crippen LogP contribution in [0.15, 0.2) is 0 Å². The number of rotatable bonds is 18. The van der Waals surface area contributed by atoms with Crippen LogP contribution in [-0.2, 0) is 0 Å². The summed E-state index contributed by atoms with van der Waals surface area (Å²) in [5.74, 6) is 0. The lowest BCUT2D eigenvalue weighted by Crippen LogP contribution is -1.83. The highest BCUT2D eigenvalue weighted by Crippen LogP contribution is 2.14. The van der Waals surface area contributed by atoms with Gasteiger partial charge in [-0.2, -0.15) is 0 Å². The standard InChI is InChI=1S/C21H44.6CH4/c1-3-5-7-9-11-13-15-17-19-21-20-18-16-14-12-10-8-6-4-2;;;;;;/h3-21H2,1-2H3;6*1H4. The molecule has 0 amide bonds. The first-order valence-electron chi connectivity index (χ1n) is 10.4. The smallest absolute Gasteiger partial charge is 0.0533 e. The highest BCUT2D eigenvalue weighted by molar-refractivity contribution is 4.50. The van der Waals surface area contributed by atoms with Gasteiger partial charge in [0.15, 0.2) is 0 Å². The first-order valence-corrected chi connectivity index (χ1v) is 10.4. The minimum Gasteiger partial charge on any atom is -0.0776 e. The molecule has 0 heterocycles. The maximum absolute atomic E-state index is 2.30. The first-order chi connectivity index (χ1) is 10.4. The van der Waals surface area contributed by atoms with Crippen LogP contribution in [0, 0.1) is 0 Å². The van der Waals surface area contributed by atoms with E-state index in [1.807, 2.05) is 0 Å². The van der Waals surface area contributed by atoms with Gasteiger partial charge in [-0.1, -0.05) is 180 Å². The van der Waals surface area contributed by atoms with E-state index >= 15 is 0 Å². The van der Waals surface area contributed by atoms with E-state index < -0.39 is 0 Å². The fourth-order valence-electron chi connectivity index (χ4n) is 3.15. The fraction of sp³-hybridized carbons (Fsp3) is 1.00. The van der Waals surface area contributed by atoms with Crippen molar-refractivity contribution in [3.63, 3.8) is 0 Å². The Morgan fingerprint density at radius 2 is 0.333 bits per heavy atom. The Balaban J connectivity index is -0.000000133. The Kier molecular flexibility index (Phi) is 76.1. The molecular formula is C27H68. The molecule has 0 saturated carbocycles. The zero-order chi connectivity index (χ0) is 15.4. The Morgan fingerprint density at radius 3 is 0.444 bits per heavy atom. The normalized spacial score (nSPS) is 8.67. The summed E-state index contributed by atoms with van der Waals surface area (Å²) in [6.45, 7) is 4.60. The molecule has 176 valence electrons. The zero-order valence-electron chi connectivity index (χ0n) is 15.4. The van der Waals surface area contributed by atoms with Crippen molar-refractivity contribution in [1.82, 2.24) is 0 Å². The minimum absolute atomic E-state index is 0. The van der Waals surface area contributed by atoms with Crippen LogP contribution < -0.4 is 0 Å². The van der Waals surface area contributed by atoms with Crippen molar-refractivity contribution in [2.24, 2.45) is 0 Å². The predicted octanol–water partition coefficient (Wildman–Crippen LogP) is 12.3. The highest BCUT2D eigenvalue weighted by Gasteiger charge is 1.94. The van der Waals surface area contributed by atoms with E-state index in [2.05, 4.69) is 13.8 Å². The molecule has 0 bridgehead atoms. The first kappa shape index (κ1) is 45.6. The van der Waals surface area contributed by atoms with Gasteiger partial charge in [0.05, 0.1) is 0 Å². The SMILES string of the molecule is C.C.C.C.C.C.CCCCCCCCCCCCCCCCCCCCC. The van der Waals surface area contributed by atoms with Crippen LogP contribution in [0.4, 0.5) is 0 Å². The molecule has 0 aromatic carbocycles. The quantitative estimate of drug-likeness (QED) is 0.203. The van der Waals surface area contributed by atoms with E-state index in [1.165, 1.54) is 122 Å². The molecule has 0 rings (SSSR count). The van der Waals surface area contributed by atoms with Crippen molar-refractivity contribution >= 4 is 0 Å². The molecule has 0 atom stereocenters. The largest absolute Gasteiger partial charge is 0.0776 e. The lowest BCUT2D eigenvalue weighted by Gasteiger charge is -2.03. The van der Waals surface area contributed by atoms with Gasteiger partial charge >= 0.3 is 0 Å². The van der Waals surface area contributed by atoms with Gasteiger partial charge in [0, 0.05) is 0 Å². The van der Waals surface area contributed by atoms with Gasteiger partial charge in [-0.25, -0.2) is 0 Å². The second kappa shape index (κ2) is 45.0. The molecule has 0 aliphatic rings. The van der Waals surface area contributed by atoms with E-state index in [9.17, 15) is 0 Å². The minimum atomic E-state index is 0. The van der Waals surface area contributed by atoms with Gasteiger partial charge < -0.3 is 0 Å².